The molecule has 0 spiro atoms. The lowest BCUT2D eigenvalue weighted by atomic mass is 10.2. The summed E-state index contributed by atoms with van der Waals surface area (Å²) in [5, 5.41) is 26.4. The van der Waals surface area contributed by atoms with Gasteiger partial charge in [0.1, 0.15) is 12.1 Å². The predicted molar refractivity (Wildman–Crippen MR) is 87.6 cm³/mol. The first-order valence-corrected chi connectivity index (χ1v) is 6.93. The number of hydrogen-bond acceptors (Lipinski definition) is 5. The first kappa shape index (κ1) is 14.3. The minimum Gasteiger partial charge on any atom is -0.276 e. The molecule has 0 atom stereocenters. The van der Waals surface area contributed by atoms with Crippen molar-refractivity contribution in [3.63, 3.8) is 0 Å². The molecule has 2 aromatic carbocycles. The van der Waals surface area contributed by atoms with Gasteiger partial charge in [0, 0.05) is 5.39 Å². The summed E-state index contributed by atoms with van der Waals surface area (Å²) in [6.07, 6.45) is 1.78. The Morgan fingerprint density at radius 2 is 1.91 bits per heavy atom. The van der Waals surface area contributed by atoms with Gasteiger partial charge in [0.2, 0.25) is 5.71 Å². The number of hydrogen-bond donors (Lipinski definition) is 1. The summed E-state index contributed by atoms with van der Waals surface area (Å²) in [5.41, 5.74) is 5.36. The molecule has 110 valence electrons. The second kappa shape index (κ2) is 6.42. The van der Waals surface area contributed by atoms with Crippen LogP contribution in [-0.4, -0.2) is 15.5 Å². The van der Waals surface area contributed by atoms with Crippen molar-refractivity contribution in [3.05, 3.63) is 60.3 Å². The second-order valence-corrected chi connectivity index (χ2v) is 4.86. The zero-order chi connectivity index (χ0) is 16.1. The van der Waals surface area contributed by atoms with Crippen LogP contribution in [0, 0.1) is 22.7 Å². The summed E-state index contributed by atoms with van der Waals surface area (Å²) in [6, 6.07) is 19.2. The van der Waals surface area contributed by atoms with Crippen molar-refractivity contribution in [2.24, 2.45) is 5.10 Å². The molecule has 0 saturated carbocycles. The van der Waals surface area contributed by atoms with Crippen LogP contribution in [0.5, 0.6) is 0 Å². The van der Waals surface area contributed by atoms with Gasteiger partial charge < -0.3 is 0 Å². The van der Waals surface area contributed by atoms with Gasteiger partial charge in [-0.1, -0.05) is 30.3 Å². The molecule has 3 rings (SSSR count). The van der Waals surface area contributed by atoms with E-state index in [1.807, 2.05) is 41.1 Å². The Kier molecular flexibility index (Phi) is 3.99. The van der Waals surface area contributed by atoms with E-state index < -0.39 is 0 Å². The molecule has 0 aliphatic heterocycles. The highest BCUT2D eigenvalue weighted by Crippen LogP contribution is 2.20. The number of benzene rings is 2. The Morgan fingerprint density at radius 1 is 1.13 bits per heavy atom. The van der Waals surface area contributed by atoms with Gasteiger partial charge >= 0.3 is 0 Å². The van der Waals surface area contributed by atoms with Crippen molar-refractivity contribution in [1.82, 2.24) is 9.78 Å². The average molecular weight is 300 g/mol. The van der Waals surface area contributed by atoms with E-state index in [0.29, 0.717) is 12.2 Å². The number of hydrazone groups is 1. The number of rotatable bonds is 4. The molecule has 6 heteroatoms. The smallest absolute Gasteiger partial charge is 0.237 e. The first-order valence-electron chi connectivity index (χ1n) is 6.93. The van der Waals surface area contributed by atoms with E-state index >= 15 is 0 Å². The third-order valence-corrected chi connectivity index (χ3v) is 3.33. The number of anilines is 1. The molecule has 0 aliphatic rings. The van der Waals surface area contributed by atoms with Crippen molar-refractivity contribution >= 4 is 22.3 Å². The predicted octanol–water partition coefficient (Wildman–Crippen LogP) is 2.90. The van der Waals surface area contributed by atoms with Crippen LogP contribution in [0.1, 0.15) is 5.56 Å². The summed E-state index contributed by atoms with van der Waals surface area (Å²) in [7, 11) is 0. The van der Waals surface area contributed by atoms with Gasteiger partial charge in [-0.15, -0.1) is 0 Å². The number of nitrogens with one attached hydrogen (secondary N) is 1. The normalized spacial score (nSPS) is 9.83. The van der Waals surface area contributed by atoms with Crippen molar-refractivity contribution in [2.75, 3.05) is 5.43 Å². The van der Waals surface area contributed by atoms with E-state index in [-0.39, 0.29) is 5.71 Å². The maximum absolute atomic E-state index is 8.66. The summed E-state index contributed by atoms with van der Waals surface area (Å²) < 4.78 is 1.92. The second-order valence-electron chi connectivity index (χ2n) is 4.86. The zero-order valence-electron chi connectivity index (χ0n) is 12.1. The number of aromatic nitrogens is 2. The largest absolute Gasteiger partial charge is 0.276 e. The zero-order valence-corrected chi connectivity index (χ0v) is 12.1. The van der Waals surface area contributed by atoms with Crippen LogP contribution < -0.4 is 5.43 Å². The van der Waals surface area contributed by atoms with Crippen molar-refractivity contribution in [1.29, 1.82) is 10.5 Å². The highest BCUT2D eigenvalue weighted by atomic mass is 15.3. The summed E-state index contributed by atoms with van der Waals surface area (Å²) in [4.78, 5) is 0. The van der Waals surface area contributed by atoms with Crippen molar-refractivity contribution < 1.29 is 0 Å². The molecule has 23 heavy (non-hydrogen) atoms. The van der Waals surface area contributed by atoms with Gasteiger partial charge in [0.05, 0.1) is 23.9 Å². The van der Waals surface area contributed by atoms with Crippen LogP contribution in [0.15, 0.2) is 59.8 Å². The van der Waals surface area contributed by atoms with Gasteiger partial charge in [0.25, 0.3) is 0 Å². The lowest BCUT2D eigenvalue weighted by molar-refractivity contribution is 0.712. The molecule has 0 saturated heterocycles. The third-order valence-electron chi connectivity index (χ3n) is 3.33. The molecule has 1 N–H and O–H groups in total. The van der Waals surface area contributed by atoms with Crippen LogP contribution >= 0.6 is 0 Å². The summed E-state index contributed by atoms with van der Waals surface area (Å²) >= 11 is 0. The highest BCUT2D eigenvalue weighted by Gasteiger charge is 2.04. The van der Waals surface area contributed by atoms with E-state index in [9.17, 15) is 0 Å². The highest BCUT2D eigenvalue weighted by molar-refractivity contribution is 6.10. The average Bonchev–Trinajstić information content (AvgIpc) is 2.99. The van der Waals surface area contributed by atoms with Gasteiger partial charge in [-0.25, -0.2) is 0 Å². The van der Waals surface area contributed by atoms with Crippen LogP contribution in [0.4, 0.5) is 5.69 Å². The SMILES string of the molecule is N#CC(C#N)=NNc1ccc2c(cnn2Cc2ccccc2)c1. The monoisotopic (exact) mass is 300 g/mol. The molecule has 6 nitrogen and oxygen atoms in total. The van der Waals surface area contributed by atoms with Crippen LogP contribution in [-0.2, 0) is 6.54 Å². The Labute approximate surface area is 132 Å². The minimum atomic E-state index is -0.218. The Morgan fingerprint density at radius 3 is 2.65 bits per heavy atom. The van der Waals surface area contributed by atoms with E-state index in [0.717, 1.165) is 10.9 Å². The van der Waals surface area contributed by atoms with Crippen LogP contribution in [0.2, 0.25) is 0 Å². The quantitative estimate of drug-likeness (QED) is 0.592. The molecule has 3 aromatic rings. The van der Waals surface area contributed by atoms with Gasteiger partial charge in [-0.3, -0.25) is 10.1 Å². The van der Waals surface area contributed by atoms with Gasteiger partial charge in [0.15, 0.2) is 0 Å². The van der Waals surface area contributed by atoms with Gasteiger partial charge in [-0.2, -0.15) is 20.7 Å². The first-order chi connectivity index (χ1) is 11.3. The number of nitrogens with zero attached hydrogens (tertiary/aromatic N) is 5. The van der Waals surface area contributed by atoms with Crippen molar-refractivity contribution in [3.8, 4) is 12.1 Å². The lowest BCUT2D eigenvalue weighted by Crippen LogP contribution is -2.01. The molecule has 0 unspecified atom stereocenters. The molecule has 1 heterocycles. The molecule has 0 amide bonds. The molecule has 0 bridgehead atoms. The Balaban J connectivity index is 1.85. The number of fused-ring (bicyclic) bond motifs is 1. The van der Waals surface area contributed by atoms with Gasteiger partial charge in [-0.05, 0) is 23.8 Å². The van der Waals surface area contributed by atoms with E-state index in [4.69, 9.17) is 10.5 Å². The van der Waals surface area contributed by atoms with Crippen LogP contribution in [0.25, 0.3) is 10.9 Å². The fourth-order valence-corrected chi connectivity index (χ4v) is 2.23. The lowest BCUT2D eigenvalue weighted by Gasteiger charge is -2.05. The van der Waals surface area contributed by atoms with E-state index in [1.54, 1.807) is 18.3 Å². The molecular weight excluding hydrogens is 288 g/mol. The maximum atomic E-state index is 8.66. The number of nitriles is 2. The molecule has 0 radical (unpaired) electrons. The summed E-state index contributed by atoms with van der Waals surface area (Å²) in [6.45, 7) is 0.697. The van der Waals surface area contributed by atoms with Crippen LogP contribution in [0.3, 0.4) is 0 Å². The van der Waals surface area contributed by atoms with E-state index in [1.165, 1.54) is 5.56 Å². The molecule has 0 fully saturated rings. The maximum Gasteiger partial charge on any atom is 0.237 e. The fourth-order valence-electron chi connectivity index (χ4n) is 2.23. The Bertz CT molecular complexity index is 925. The summed E-state index contributed by atoms with van der Waals surface area (Å²) in [5.74, 6) is 0. The topological polar surface area (TPSA) is 89.8 Å². The third kappa shape index (κ3) is 3.17. The molecule has 1 aromatic heterocycles. The van der Waals surface area contributed by atoms with E-state index in [2.05, 4.69) is 27.8 Å². The van der Waals surface area contributed by atoms with Crippen molar-refractivity contribution in [2.45, 2.75) is 6.54 Å². The fraction of sp³-hybridized carbons (Fsp3) is 0.0588. The Hall–Kier alpha value is -3.64. The molecular formula is C17H12N6. The minimum absolute atomic E-state index is 0.218. The molecule has 0 aliphatic carbocycles. The standard InChI is InChI=1S/C17H12N6/c18-9-16(10-19)22-21-15-6-7-17-14(8-15)11-20-23(17)12-13-4-2-1-3-5-13/h1-8,11,21H,12H2.